The number of aliphatic hydroxyl groups excluding tert-OH is 1. The van der Waals surface area contributed by atoms with Crippen molar-refractivity contribution in [2.75, 3.05) is 57.4 Å². The number of nitrogens with zero attached hydrogens (tertiary/aromatic N) is 3. The second-order valence-corrected chi connectivity index (χ2v) is 6.30. The van der Waals surface area contributed by atoms with Gasteiger partial charge in [-0.25, -0.2) is 4.98 Å². The largest absolute Gasteiger partial charge is 0.389 e. The second-order valence-electron chi connectivity index (χ2n) is 6.30. The van der Waals surface area contributed by atoms with E-state index < -0.39 is 6.10 Å². The number of pyridine rings is 1. The summed E-state index contributed by atoms with van der Waals surface area (Å²) >= 11 is 0. The Balaban J connectivity index is 1.32. The van der Waals surface area contributed by atoms with Crippen molar-refractivity contribution in [3.8, 4) is 0 Å². The first-order valence-electron chi connectivity index (χ1n) is 8.57. The number of anilines is 1. The fraction of sp³-hybridized carbons (Fsp3) is 0.706. The van der Waals surface area contributed by atoms with Crippen molar-refractivity contribution >= 4 is 5.82 Å². The van der Waals surface area contributed by atoms with Gasteiger partial charge in [-0.2, -0.15) is 0 Å². The summed E-state index contributed by atoms with van der Waals surface area (Å²) in [6, 6.07) is 6.00. The van der Waals surface area contributed by atoms with Crippen LogP contribution < -0.4 is 4.90 Å². The fourth-order valence-corrected chi connectivity index (χ4v) is 3.16. The molecule has 6 nitrogen and oxygen atoms in total. The Bertz CT molecular complexity index is 446. The molecular formula is C17H27N3O3. The first kappa shape index (κ1) is 16.6. The van der Waals surface area contributed by atoms with E-state index in [-0.39, 0.29) is 6.10 Å². The summed E-state index contributed by atoms with van der Waals surface area (Å²) in [6.45, 7) is 6.28. The fourth-order valence-electron chi connectivity index (χ4n) is 3.16. The monoisotopic (exact) mass is 321 g/mol. The minimum Gasteiger partial charge on any atom is -0.389 e. The highest BCUT2D eigenvalue weighted by Crippen LogP contribution is 2.13. The minimum atomic E-state index is -0.433. The van der Waals surface area contributed by atoms with Crippen LogP contribution in [0.4, 0.5) is 5.82 Å². The topological polar surface area (TPSA) is 58.1 Å². The molecule has 2 saturated heterocycles. The van der Waals surface area contributed by atoms with Gasteiger partial charge in [0.15, 0.2) is 0 Å². The average Bonchev–Trinajstić information content (AvgIpc) is 3.10. The summed E-state index contributed by atoms with van der Waals surface area (Å²) < 4.78 is 11.1. The quantitative estimate of drug-likeness (QED) is 0.800. The van der Waals surface area contributed by atoms with Gasteiger partial charge < -0.3 is 19.5 Å². The van der Waals surface area contributed by atoms with Crippen molar-refractivity contribution in [2.24, 2.45) is 0 Å². The number of rotatable bonds is 7. The van der Waals surface area contributed by atoms with E-state index in [2.05, 4.69) is 14.8 Å². The molecule has 23 heavy (non-hydrogen) atoms. The third-order valence-electron chi connectivity index (χ3n) is 4.45. The standard InChI is InChI=1S/C17H27N3O3/c21-15(13-22-14-16-4-3-11-23-16)12-19-7-9-20(10-8-19)17-5-1-2-6-18-17/h1-2,5-6,15-16,21H,3-4,7-14H2. The van der Waals surface area contributed by atoms with Crippen LogP contribution in [0.1, 0.15) is 12.8 Å². The van der Waals surface area contributed by atoms with Crippen molar-refractivity contribution < 1.29 is 14.6 Å². The highest BCUT2D eigenvalue weighted by Gasteiger charge is 2.21. The van der Waals surface area contributed by atoms with Crippen LogP contribution in [0.3, 0.4) is 0 Å². The Hall–Kier alpha value is -1.21. The molecule has 128 valence electrons. The van der Waals surface area contributed by atoms with Crippen LogP contribution in [-0.4, -0.2) is 79.7 Å². The van der Waals surface area contributed by atoms with E-state index in [0.717, 1.165) is 51.4 Å². The van der Waals surface area contributed by atoms with Crippen molar-refractivity contribution in [3.05, 3.63) is 24.4 Å². The van der Waals surface area contributed by atoms with E-state index in [1.807, 2.05) is 24.4 Å². The van der Waals surface area contributed by atoms with Crippen molar-refractivity contribution in [2.45, 2.75) is 25.0 Å². The lowest BCUT2D eigenvalue weighted by molar-refractivity contribution is -0.0254. The molecule has 0 bridgehead atoms. The molecule has 3 rings (SSSR count). The van der Waals surface area contributed by atoms with Crippen LogP contribution in [0.5, 0.6) is 0 Å². The first-order valence-corrected chi connectivity index (χ1v) is 8.57. The lowest BCUT2D eigenvalue weighted by Gasteiger charge is -2.36. The highest BCUT2D eigenvalue weighted by atomic mass is 16.5. The molecule has 1 aromatic rings. The molecule has 1 N–H and O–H groups in total. The van der Waals surface area contributed by atoms with Gasteiger partial charge in [-0.15, -0.1) is 0 Å². The van der Waals surface area contributed by atoms with E-state index in [9.17, 15) is 5.11 Å². The molecule has 0 saturated carbocycles. The summed E-state index contributed by atoms with van der Waals surface area (Å²) in [4.78, 5) is 8.97. The number of β-amino-alcohol motifs (C(OH)–C–C–N with tert-alkyl or cyclic N) is 1. The number of hydrogen-bond acceptors (Lipinski definition) is 6. The van der Waals surface area contributed by atoms with Crippen LogP contribution in [0.25, 0.3) is 0 Å². The van der Waals surface area contributed by atoms with Gasteiger partial charge in [0.25, 0.3) is 0 Å². The Morgan fingerprint density at radius 3 is 2.87 bits per heavy atom. The van der Waals surface area contributed by atoms with Crippen molar-refractivity contribution in [1.29, 1.82) is 0 Å². The maximum Gasteiger partial charge on any atom is 0.128 e. The Kier molecular flexibility index (Phi) is 6.21. The molecule has 2 atom stereocenters. The zero-order valence-corrected chi connectivity index (χ0v) is 13.6. The van der Waals surface area contributed by atoms with Gasteiger partial charge >= 0.3 is 0 Å². The molecule has 2 unspecified atom stereocenters. The zero-order valence-electron chi connectivity index (χ0n) is 13.6. The molecule has 0 amide bonds. The van der Waals surface area contributed by atoms with E-state index in [0.29, 0.717) is 19.8 Å². The van der Waals surface area contributed by atoms with Crippen LogP contribution in [0.2, 0.25) is 0 Å². The minimum absolute atomic E-state index is 0.226. The van der Waals surface area contributed by atoms with Gasteiger partial charge in [0.1, 0.15) is 5.82 Å². The smallest absolute Gasteiger partial charge is 0.128 e. The molecule has 3 heterocycles. The van der Waals surface area contributed by atoms with Gasteiger partial charge in [-0.3, -0.25) is 4.90 Å². The molecule has 2 aliphatic heterocycles. The van der Waals surface area contributed by atoms with Gasteiger partial charge in [0.2, 0.25) is 0 Å². The number of hydrogen-bond donors (Lipinski definition) is 1. The summed E-state index contributed by atoms with van der Waals surface area (Å²) in [6.07, 6.45) is 3.82. The Morgan fingerprint density at radius 1 is 1.30 bits per heavy atom. The average molecular weight is 321 g/mol. The molecule has 2 fully saturated rings. The van der Waals surface area contributed by atoms with Gasteiger partial charge in [0, 0.05) is 45.5 Å². The maximum absolute atomic E-state index is 10.1. The van der Waals surface area contributed by atoms with Crippen molar-refractivity contribution in [1.82, 2.24) is 9.88 Å². The number of ether oxygens (including phenoxy) is 2. The first-order chi connectivity index (χ1) is 11.3. The lowest BCUT2D eigenvalue weighted by atomic mass is 10.2. The van der Waals surface area contributed by atoms with E-state index in [4.69, 9.17) is 9.47 Å². The molecule has 2 aliphatic rings. The van der Waals surface area contributed by atoms with E-state index >= 15 is 0 Å². The van der Waals surface area contributed by atoms with Crippen LogP contribution in [0, 0.1) is 0 Å². The summed E-state index contributed by atoms with van der Waals surface area (Å²) in [5.41, 5.74) is 0. The van der Waals surface area contributed by atoms with Crippen LogP contribution in [-0.2, 0) is 9.47 Å². The molecule has 1 aromatic heterocycles. The van der Waals surface area contributed by atoms with E-state index in [1.165, 1.54) is 0 Å². The molecular weight excluding hydrogens is 294 g/mol. The highest BCUT2D eigenvalue weighted by molar-refractivity contribution is 5.38. The van der Waals surface area contributed by atoms with Gasteiger partial charge in [-0.1, -0.05) is 6.07 Å². The molecule has 0 spiro atoms. The second kappa shape index (κ2) is 8.59. The number of aromatic nitrogens is 1. The third kappa shape index (κ3) is 5.14. The Morgan fingerprint density at radius 2 is 2.17 bits per heavy atom. The summed E-state index contributed by atoms with van der Waals surface area (Å²) in [7, 11) is 0. The summed E-state index contributed by atoms with van der Waals surface area (Å²) in [5, 5.41) is 10.1. The van der Waals surface area contributed by atoms with Crippen LogP contribution in [0.15, 0.2) is 24.4 Å². The molecule has 0 radical (unpaired) electrons. The Labute approximate surface area is 138 Å². The third-order valence-corrected chi connectivity index (χ3v) is 4.45. The molecule has 6 heteroatoms. The van der Waals surface area contributed by atoms with Crippen LogP contribution >= 0.6 is 0 Å². The van der Waals surface area contributed by atoms with Crippen molar-refractivity contribution in [3.63, 3.8) is 0 Å². The number of piperazine rings is 1. The summed E-state index contributed by atoms with van der Waals surface area (Å²) in [5.74, 6) is 1.03. The van der Waals surface area contributed by atoms with E-state index in [1.54, 1.807) is 0 Å². The van der Waals surface area contributed by atoms with Gasteiger partial charge in [-0.05, 0) is 25.0 Å². The number of aliphatic hydroxyl groups is 1. The predicted molar refractivity (Wildman–Crippen MR) is 88.7 cm³/mol. The lowest BCUT2D eigenvalue weighted by Crippen LogP contribution is -2.49. The normalized spacial score (nSPS) is 24.0. The maximum atomic E-state index is 10.1. The molecule has 0 aliphatic carbocycles. The molecule has 0 aromatic carbocycles. The van der Waals surface area contributed by atoms with Gasteiger partial charge in [0.05, 0.1) is 25.4 Å². The predicted octanol–water partition coefficient (Wildman–Crippen LogP) is 0.760. The zero-order chi connectivity index (χ0) is 15.9. The SMILES string of the molecule is OC(COCC1CCCO1)CN1CCN(c2ccccn2)CC1.